The number of pyridine rings is 1. The predicted molar refractivity (Wildman–Crippen MR) is 92.4 cm³/mol. The Morgan fingerprint density at radius 1 is 1.04 bits per heavy atom. The highest BCUT2D eigenvalue weighted by molar-refractivity contribution is 7.22. The number of aryl methyl sites for hydroxylation is 1. The Morgan fingerprint density at radius 3 is 2.64 bits per heavy atom. The average molecular weight is 359 g/mol. The highest BCUT2D eigenvalue weighted by atomic mass is 32.1. The van der Waals surface area contributed by atoms with Crippen LogP contribution >= 0.6 is 11.3 Å². The molecule has 7 heteroatoms. The molecule has 0 unspecified atom stereocenters. The highest BCUT2D eigenvalue weighted by Gasteiger charge is 2.34. The van der Waals surface area contributed by atoms with E-state index in [4.69, 9.17) is 0 Å². The molecular formula is C18H12F3N3S. The molecular weight excluding hydrogens is 347 g/mol. The molecule has 4 aromatic rings. The van der Waals surface area contributed by atoms with E-state index in [9.17, 15) is 13.2 Å². The predicted octanol–water partition coefficient (Wildman–Crippen LogP) is 5.68. The second-order valence-corrected chi connectivity index (χ2v) is 6.83. The van der Waals surface area contributed by atoms with Crippen molar-refractivity contribution in [2.75, 3.05) is 0 Å². The van der Waals surface area contributed by atoms with Gasteiger partial charge in [0.25, 0.3) is 0 Å². The molecule has 3 aromatic heterocycles. The molecule has 0 aliphatic heterocycles. The smallest absolute Gasteiger partial charge is 0.276 e. The molecule has 0 aliphatic carbocycles. The number of nitrogens with zero attached hydrogens (tertiary/aromatic N) is 2. The SMILES string of the molecule is Cc1ccc2cc(-c3ccnc(-c4cc(C(F)(F)F)n[nH]4)c3)sc2c1. The Balaban J connectivity index is 1.74. The quantitative estimate of drug-likeness (QED) is 0.500. The van der Waals surface area contributed by atoms with Gasteiger partial charge < -0.3 is 0 Å². The van der Waals surface area contributed by atoms with E-state index in [0.29, 0.717) is 5.69 Å². The number of aromatic amines is 1. The molecule has 0 fully saturated rings. The van der Waals surface area contributed by atoms with Crippen molar-refractivity contribution in [3.8, 4) is 21.8 Å². The van der Waals surface area contributed by atoms with E-state index in [1.54, 1.807) is 23.6 Å². The number of fused-ring (bicyclic) bond motifs is 1. The second-order valence-electron chi connectivity index (χ2n) is 5.75. The summed E-state index contributed by atoms with van der Waals surface area (Å²) in [4.78, 5) is 5.21. The standard InChI is InChI=1S/C18H12F3N3S/c1-10-2-3-11-8-16(25-15(11)6-10)12-4-5-22-13(7-12)14-9-17(24-23-14)18(19,20)21/h2-9H,1H3,(H,23,24). The minimum Gasteiger partial charge on any atom is -0.276 e. The van der Waals surface area contributed by atoms with E-state index >= 15 is 0 Å². The molecule has 4 rings (SSSR count). The maximum Gasteiger partial charge on any atom is 0.435 e. The van der Waals surface area contributed by atoms with Crippen LogP contribution in [0, 0.1) is 6.92 Å². The molecule has 0 spiro atoms. The number of aromatic nitrogens is 3. The van der Waals surface area contributed by atoms with Gasteiger partial charge in [0, 0.05) is 15.8 Å². The normalized spacial score (nSPS) is 12.0. The van der Waals surface area contributed by atoms with E-state index in [1.807, 2.05) is 13.0 Å². The molecule has 1 N–H and O–H groups in total. The van der Waals surface area contributed by atoms with Crippen LogP contribution < -0.4 is 0 Å². The van der Waals surface area contributed by atoms with E-state index in [0.717, 1.165) is 21.9 Å². The summed E-state index contributed by atoms with van der Waals surface area (Å²) in [7, 11) is 0. The third kappa shape index (κ3) is 3.02. The molecule has 0 aliphatic rings. The van der Waals surface area contributed by atoms with Gasteiger partial charge in [-0.3, -0.25) is 10.1 Å². The van der Waals surface area contributed by atoms with Gasteiger partial charge in [0.2, 0.25) is 0 Å². The van der Waals surface area contributed by atoms with Gasteiger partial charge in [-0.05, 0) is 53.8 Å². The van der Waals surface area contributed by atoms with Gasteiger partial charge in [0.1, 0.15) is 0 Å². The van der Waals surface area contributed by atoms with Crippen LogP contribution in [0.25, 0.3) is 31.9 Å². The zero-order chi connectivity index (χ0) is 17.6. The molecule has 126 valence electrons. The summed E-state index contributed by atoms with van der Waals surface area (Å²) in [5, 5.41) is 6.88. The molecule has 0 saturated carbocycles. The number of alkyl halides is 3. The fourth-order valence-electron chi connectivity index (χ4n) is 2.61. The van der Waals surface area contributed by atoms with E-state index in [1.165, 1.54) is 10.3 Å². The first-order chi connectivity index (χ1) is 11.9. The molecule has 3 nitrogen and oxygen atoms in total. The Morgan fingerprint density at radius 2 is 1.88 bits per heavy atom. The maximum absolute atomic E-state index is 12.7. The summed E-state index contributed by atoms with van der Waals surface area (Å²) in [5.41, 5.74) is 1.81. The number of benzene rings is 1. The summed E-state index contributed by atoms with van der Waals surface area (Å²) in [6.07, 6.45) is -2.88. The summed E-state index contributed by atoms with van der Waals surface area (Å²) in [5.74, 6) is 0. The first kappa shape index (κ1) is 15.8. The van der Waals surface area contributed by atoms with Crippen molar-refractivity contribution in [3.05, 3.63) is 59.9 Å². The van der Waals surface area contributed by atoms with E-state index in [-0.39, 0.29) is 5.69 Å². The van der Waals surface area contributed by atoms with Crippen LogP contribution in [0.5, 0.6) is 0 Å². The van der Waals surface area contributed by atoms with Crippen LogP contribution in [0.15, 0.2) is 48.7 Å². The minimum atomic E-state index is -4.48. The first-order valence-electron chi connectivity index (χ1n) is 7.50. The zero-order valence-electron chi connectivity index (χ0n) is 13.1. The van der Waals surface area contributed by atoms with Crippen molar-refractivity contribution in [3.63, 3.8) is 0 Å². The average Bonchev–Trinajstić information content (AvgIpc) is 3.21. The minimum absolute atomic E-state index is 0.242. The summed E-state index contributed by atoms with van der Waals surface area (Å²) >= 11 is 1.64. The summed E-state index contributed by atoms with van der Waals surface area (Å²) in [6, 6.07) is 12.9. The Labute approximate surface area is 145 Å². The second kappa shape index (κ2) is 5.70. The van der Waals surface area contributed by atoms with Crippen molar-refractivity contribution >= 4 is 21.4 Å². The molecule has 3 heterocycles. The lowest BCUT2D eigenvalue weighted by Crippen LogP contribution is -2.04. The monoisotopic (exact) mass is 359 g/mol. The van der Waals surface area contributed by atoms with Crippen LogP contribution in [0.2, 0.25) is 0 Å². The Bertz CT molecular complexity index is 1060. The first-order valence-corrected chi connectivity index (χ1v) is 8.31. The molecule has 0 radical (unpaired) electrons. The fourth-order valence-corrected chi connectivity index (χ4v) is 3.77. The van der Waals surface area contributed by atoms with Gasteiger partial charge in [-0.1, -0.05) is 12.1 Å². The fraction of sp³-hybridized carbons (Fsp3) is 0.111. The summed E-state index contributed by atoms with van der Waals surface area (Å²) in [6.45, 7) is 2.04. The van der Waals surface area contributed by atoms with Gasteiger partial charge in [-0.2, -0.15) is 18.3 Å². The Hall–Kier alpha value is -2.67. The molecule has 25 heavy (non-hydrogen) atoms. The lowest BCUT2D eigenvalue weighted by atomic mass is 10.1. The largest absolute Gasteiger partial charge is 0.435 e. The van der Waals surface area contributed by atoms with Crippen LogP contribution in [0.4, 0.5) is 13.2 Å². The molecule has 0 bridgehead atoms. The van der Waals surface area contributed by atoms with Crippen LogP contribution in [0.1, 0.15) is 11.3 Å². The van der Waals surface area contributed by atoms with E-state index in [2.05, 4.69) is 39.4 Å². The van der Waals surface area contributed by atoms with Crippen molar-refractivity contribution in [1.29, 1.82) is 0 Å². The van der Waals surface area contributed by atoms with Crippen molar-refractivity contribution in [2.24, 2.45) is 0 Å². The van der Waals surface area contributed by atoms with Gasteiger partial charge in [-0.15, -0.1) is 11.3 Å². The lowest BCUT2D eigenvalue weighted by Gasteiger charge is -2.01. The Kier molecular flexibility index (Phi) is 3.61. The lowest BCUT2D eigenvalue weighted by molar-refractivity contribution is -0.141. The molecule has 0 atom stereocenters. The van der Waals surface area contributed by atoms with Crippen LogP contribution in [-0.4, -0.2) is 15.2 Å². The molecule has 1 aromatic carbocycles. The number of nitrogens with one attached hydrogen (secondary N) is 1. The third-order valence-corrected chi connectivity index (χ3v) is 5.01. The maximum atomic E-state index is 12.7. The van der Waals surface area contributed by atoms with Crippen molar-refractivity contribution in [1.82, 2.24) is 15.2 Å². The number of hydrogen-bond donors (Lipinski definition) is 1. The van der Waals surface area contributed by atoms with Gasteiger partial charge in [-0.25, -0.2) is 0 Å². The van der Waals surface area contributed by atoms with Crippen molar-refractivity contribution in [2.45, 2.75) is 13.1 Å². The van der Waals surface area contributed by atoms with Gasteiger partial charge >= 0.3 is 6.18 Å². The number of hydrogen-bond acceptors (Lipinski definition) is 3. The van der Waals surface area contributed by atoms with Crippen molar-refractivity contribution < 1.29 is 13.2 Å². The number of halogens is 3. The number of rotatable bonds is 2. The van der Waals surface area contributed by atoms with Crippen LogP contribution in [-0.2, 0) is 6.18 Å². The summed E-state index contributed by atoms with van der Waals surface area (Å²) < 4.78 is 39.3. The van der Waals surface area contributed by atoms with Gasteiger partial charge in [0.05, 0.1) is 11.4 Å². The van der Waals surface area contributed by atoms with E-state index < -0.39 is 11.9 Å². The highest BCUT2D eigenvalue weighted by Crippen LogP contribution is 2.35. The topological polar surface area (TPSA) is 41.6 Å². The third-order valence-electron chi connectivity index (χ3n) is 3.86. The van der Waals surface area contributed by atoms with Crippen LogP contribution in [0.3, 0.4) is 0 Å². The number of thiophene rings is 1. The molecule has 0 amide bonds. The number of H-pyrrole nitrogens is 1. The zero-order valence-corrected chi connectivity index (χ0v) is 13.9. The molecule has 0 saturated heterocycles. The van der Waals surface area contributed by atoms with Gasteiger partial charge in [0.15, 0.2) is 5.69 Å².